The highest BCUT2D eigenvalue weighted by Gasteiger charge is 2.45. The summed E-state index contributed by atoms with van der Waals surface area (Å²) in [5.41, 5.74) is 4.55. The van der Waals surface area contributed by atoms with Gasteiger partial charge in [0.2, 0.25) is 0 Å². The Balaban J connectivity index is 1.71. The molecule has 30 heavy (non-hydrogen) atoms. The van der Waals surface area contributed by atoms with E-state index in [4.69, 9.17) is 0 Å². The Morgan fingerprint density at radius 2 is 2.03 bits per heavy atom. The third kappa shape index (κ3) is 5.18. The summed E-state index contributed by atoms with van der Waals surface area (Å²) >= 11 is 0. The SMILES string of the molecule is C=C1C(=CC=C2CCC[C@]3(C)C([C@H](C)CCCC(C)(C)O)=CC[C@@H]23)C[C@@H](O)C[C@@H]1O. The van der Waals surface area contributed by atoms with Crippen LogP contribution in [0.3, 0.4) is 0 Å². The molecule has 2 saturated carbocycles. The Labute approximate surface area is 183 Å². The van der Waals surface area contributed by atoms with Crippen LogP contribution in [0.2, 0.25) is 0 Å². The second kappa shape index (κ2) is 9.14. The molecule has 0 aliphatic heterocycles. The molecule has 0 saturated heterocycles. The van der Waals surface area contributed by atoms with E-state index < -0.39 is 17.8 Å². The van der Waals surface area contributed by atoms with Crippen LogP contribution in [0.5, 0.6) is 0 Å². The average Bonchev–Trinajstić information content (AvgIpc) is 3.00. The fraction of sp³-hybridized carbons (Fsp3) is 0.704. The van der Waals surface area contributed by atoms with Crippen LogP contribution in [-0.4, -0.2) is 33.1 Å². The normalized spacial score (nSPS) is 36.2. The van der Waals surface area contributed by atoms with Gasteiger partial charge in [0.25, 0.3) is 0 Å². The quantitative estimate of drug-likeness (QED) is 0.494. The van der Waals surface area contributed by atoms with Gasteiger partial charge in [-0.2, -0.15) is 0 Å². The van der Waals surface area contributed by atoms with E-state index in [0.717, 1.165) is 43.3 Å². The van der Waals surface area contributed by atoms with Gasteiger partial charge in [-0.05, 0) is 87.2 Å². The zero-order valence-electron chi connectivity index (χ0n) is 19.5. The van der Waals surface area contributed by atoms with Crippen molar-refractivity contribution in [1.29, 1.82) is 0 Å². The van der Waals surface area contributed by atoms with Gasteiger partial charge in [-0.25, -0.2) is 0 Å². The molecular weight excluding hydrogens is 372 g/mol. The van der Waals surface area contributed by atoms with Crippen molar-refractivity contribution in [2.45, 2.75) is 103 Å². The molecule has 0 bridgehead atoms. The summed E-state index contributed by atoms with van der Waals surface area (Å²) in [5.74, 6) is 1.12. The van der Waals surface area contributed by atoms with Gasteiger partial charge in [-0.15, -0.1) is 0 Å². The van der Waals surface area contributed by atoms with E-state index in [1.54, 1.807) is 5.57 Å². The highest BCUT2D eigenvalue weighted by atomic mass is 16.3. The fourth-order valence-corrected chi connectivity index (χ4v) is 6.08. The van der Waals surface area contributed by atoms with Crippen molar-refractivity contribution < 1.29 is 15.3 Å². The first-order valence-electron chi connectivity index (χ1n) is 11.9. The van der Waals surface area contributed by atoms with E-state index in [9.17, 15) is 15.3 Å². The van der Waals surface area contributed by atoms with Crippen LogP contribution in [0.4, 0.5) is 0 Å². The maximum atomic E-state index is 10.1. The van der Waals surface area contributed by atoms with Crippen LogP contribution in [0, 0.1) is 17.3 Å². The van der Waals surface area contributed by atoms with Crippen molar-refractivity contribution in [3.8, 4) is 0 Å². The van der Waals surface area contributed by atoms with Gasteiger partial charge in [-0.1, -0.05) is 56.2 Å². The molecular formula is C27H42O3. The molecule has 0 aromatic rings. The van der Waals surface area contributed by atoms with Crippen LogP contribution in [0.15, 0.2) is 47.1 Å². The lowest BCUT2D eigenvalue weighted by Crippen LogP contribution is -2.32. The third-order valence-corrected chi connectivity index (χ3v) is 7.83. The number of aliphatic hydroxyl groups excluding tert-OH is 2. The molecule has 5 atom stereocenters. The predicted molar refractivity (Wildman–Crippen MR) is 124 cm³/mol. The van der Waals surface area contributed by atoms with Gasteiger partial charge < -0.3 is 15.3 Å². The zero-order valence-corrected chi connectivity index (χ0v) is 19.5. The van der Waals surface area contributed by atoms with Crippen LogP contribution in [0.1, 0.15) is 85.5 Å². The van der Waals surface area contributed by atoms with E-state index >= 15 is 0 Å². The van der Waals surface area contributed by atoms with Crippen molar-refractivity contribution in [2.24, 2.45) is 17.3 Å². The second-order valence-corrected chi connectivity index (χ2v) is 10.9. The van der Waals surface area contributed by atoms with Crippen molar-refractivity contribution >= 4 is 0 Å². The Kier molecular flexibility index (Phi) is 7.16. The molecule has 0 heterocycles. The molecule has 0 aromatic carbocycles. The number of hydrogen-bond donors (Lipinski definition) is 3. The monoisotopic (exact) mass is 414 g/mol. The topological polar surface area (TPSA) is 60.7 Å². The van der Waals surface area contributed by atoms with Crippen molar-refractivity contribution in [3.63, 3.8) is 0 Å². The minimum atomic E-state index is -0.625. The summed E-state index contributed by atoms with van der Waals surface area (Å²) in [6, 6.07) is 0. The van der Waals surface area contributed by atoms with Crippen molar-refractivity contribution in [2.75, 3.05) is 0 Å². The number of fused-ring (bicyclic) bond motifs is 1. The summed E-state index contributed by atoms with van der Waals surface area (Å²) in [4.78, 5) is 0. The first-order valence-corrected chi connectivity index (χ1v) is 11.9. The second-order valence-electron chi connectivity index (χ2n) is 10.9. The molecule has 3 rings (SSSR count). The van der Waals surface area contributed by atoms with Gasteiger partial charge in [0.15, 0.2) is 0 Å². The summed E-state index contributed by atoms with van der Waals surface area (Å²) in [6.45, 7) is 12.7. The third-order valence-electron chi connectivity index (χ3n) is 7.83. The smallest absolute Gasteiger partial charge is 0.0811 e. The highest BCUT2D eigenvalue weighted by Crippen LogP contribution is 2.57. The van der Waals surface area contributed by atoms with Crippen LogP contribution in [-0.2, 0) is 0 Å². The summed E-state index contributed by atoms with van der Waals surface area (Å²) in [7, 11) is 0. The molecule has 168 valence electrons. The van der Waals surface area contributed by atoms with Gasteiger partial charge in [0.05, 0.1) is 17.8 Å². The Morgan fingerprint density at radius 3 is 2.73 bits per heavy atom. The molecule has 0 aromatic heterocycles. The highest BCUT2D eigenvalue weighted by molar-refractivity contribution is 5.40. The zero-order chi connectivity index (χ0) is 22.1. The lowest BCUT2D eigenvalue weighted by molar-refractivity contribution is 0.0670. The molecule has 0 amide bonds. The first kappa shape index (κ1) is 23.5. The minimum absolute atomic E-state index is 0.235. The summed E-state index contributed by atoms with van der Waals surface area (Å²) in [6.07, 6.45) is 14.5. The number of rotatable bonds is 6. The largest absolute Gasteiger partial charge is 0.393 e. The Bertz CT molecular complexity index is 736. The number of aliphatic hydroxyl groups is 3. The molecule has 0 unspecified atom stereocenters. The maximum Gasteiger partial charge on any atom is 0.0811 e. The fourth-order valence-electron chi connectivity index (χ4n) is 6.08. The van der Waals surface area contributed by atoms with Gasteiger partial charge >= 0.3 is 0 Å². The number of allylic oxidation sites excluding steroid dienone is 5. The van der Waals surface area contributed by atoms with Crippen LogP contribution in [0.25, 0.3) is 0 Å². The average molecular weight is 415 g/mol. The molecule has 2 fully saturated rings. The van der Waals surface area contributed by atoms with E-state index in [-0.39, 0.29) is 5.41 Å². The molecule has 0 spiro atoms. The van der Waals surface area contributed by atoms with E-state index in [1.165, 1.54) is 18.4 Å². The standard InChI is InChI=1S/C27H42O3/c1-18(8-6-14-26(3,4)30)23-12-13-24-20(9-7-15-27(23,24)5)10-11-21-16-22(28)17-25(29)19(21)2/h10-12,18,22,24-25,28-30H,2,6-9,13-17H2,1,3-5H3/t18-,22-,24+,25+,27-/m1/s1. The van der Waals surface area contributed by atoms with E-state index in [0.29, 0.717) is 24.7 Å². The molecule has 3 aliphatic rings. The molecule has 0 radical (unpaired) electrons. The van der Waals surface area contributed by atoms with E-state index in [2.05, 4.69) is 38.7 Å². The predicted octanol–water partition coefficient (Wildman–Crippen LogP) is 5.62. The van der Waals surface area contributed by atoms with Gasteiger partial charge in [-0.3, -0.25) is 0 Å². The maximum absolute atomic E-state index is 10.1. The Morgan fingerprint density at radius 1 is 1.30 bits per heavy atom. The molecule has 3 aliphatic carbocycles. The van der Waals surface area contributed by atoms with Crippen molar-refractivity contribution in [1.82, 2.24) is 0 Å². The summed E-state index contributed by atoms with van der Waals surface area (Å²) in [5, 5.41) is 30.2. The van der Waals surface area contributed by atoms with Gasteiger partial charge in [0.1, 0.15) is 0 Å². The van der Waals surface area contributed by atoms with Crippen LogP contribution >= 0.6 is 0 Å². The molecule has 3 heteroatoms. The minimum Gasteiger partial charge on any atom is -0.393 e. The first-order chi connectivity index (χ1) is 14.0. The lowest BCUT2D eigenvalue weighted by Gasteiger charge is -2.42. The number of hydrogen-bond acceptors (Lipinski definition) is 3. The summed E-state index contributed by atoms with van der Waals surface area (Å²) < 4.78 is 0. The van der Waals surface area contributed by atoms with Gasteiger partial charge in [0, 0.05) is 6.42 Å². The van der Waals surface area contributed by atoms with E-state index in [1.807, 2.05) is 13.8 Å². The Hall–Kier alpha value is -1.16. The van der Waals surface area contributed by atoms with Crippen LogP contribution < -0.4 is 0 Å². The van der Waals surface area contributed by atoms with Crippen molar-refractivity contribution in [3.05, 3.63) is 47.1 Å². The molecule has 3 N–H and O–H groups in total. The lowest BCUT2D eigenvalue weighted by atomic mass is 9.62. The molecule has 3 nitrogen and oxygen atoms in total.